The summed E-state index contributed by atoms with van der Waals surface area (Å²) < 4.78 is 24.1. The van der Waals surface area contributed by atoms with Crippen molar-refractivity contribution in [2.24, 2.45) is 0 Å². The van der Waals surface area contributed by atoms with E-state index < -0.39 is 5.95 Å². The Bertz CT molecular complexity index is 830. The number of halogens is 1. The zero-order valence-electron chi connectivity index (χ0n) is 13.1. The third-order valence-corrected chi connectivity index (χ3v) is 3.20. The van der Waals surface area contributed by atoms with Gasteiger partial charge in [0.25, 0.3) is 5.89 Å². The maximum Gasteiger partial charge on any atom is 0.258 e. The highest BCUT2D eigenvalue weighted by molar-refractivity contribution is 5.61. The first-order valence-electron chi connectivity index (χ1n) is 7.26. The smallest absolute Gasteiger partial charge is 0.258 e. The molecule has 0 aliphatic heterocycles. The predicted molar refractivity (Wildman–Crippen MR) is 83.4 cm³/mol. The van der Waals surface area contributed by atoms with E-state index in [1.165, 1.54) is 12.3 Å². The lowest BCUT2D eigenvalue weighted by Gasteiger charge is -2.12. The minimum Gasteiger partial charge on any atom is -0.491 e. The van der Waals surface area contributed by atoms with Gasteiger partial charge < -0.3 is 9.26 Å². The van der Waals surface area contributed by atoms with E-state index in [0.717, 1.165) is 16.9 Å². The SMILES string of the molecule is Cc1cc(-c2noc(-c3ccnc(F)c3)n2)ccc1OC(C)C. The highest BCUT2D eigenvalue weighted by atomic mass is 19.1. The number of benzene rings is 1. The van der Waals surface area contributed by atoms with Crippen molar-refractivity contribution < 1.29 is 13.7 Å². The molecule has 0 aliphatic rings. The standard InChI is InChI=1S/C17H16FN3O2/c1-10(2)22-14-5-4-12(8-11(14)3)16-20-17(23-21-16)13-6-7-19-15(18)9-13/h4-10H,1-3H3. The Labute approximate surface area is 133 Å². The van der Waals surface area contributed by atoms with E-state index in [1.807, 2.05) is 39.0 Å². The molecule has 0 N–H and O–H groups in total. The molecule has 0 spiro atoms. The number of rotatable bonds is 4. The summed E-state index contributed by atoms with van der Waals surface area (Å²) in [5.41, 5.74) is 2.29. The Morgan fingerprint density at radius 3 is 2.65 bits per heavy atom. The van der Waals surface area contributed by atoms with Gasteiger partial charge in [-0.25, -0.2) is 4.98 Å². The molecule has 3 rings (SSSR count). The van der Waals surface area contributed by atoms with E-state index >= 15 is 0 Å². The summed E-state index contributed by atoms with van der Waals surface area (Å²) >= 11 is 0. The number of nitrogens with zero attached hydrogens (tertiary/aromatic N) is 3. The molecule has 2 heterocycles. The second-order valence-corrected chi connectivity index (χ2v) is 5.44. The van der Waals surface area contributed by atoms with Crippen LogP contribution in [0.2, 0.25) is 0 Å². The third-order valence-electron chi connectivity index (χ3n) is 3.20. The first-order chi connectivity index (χ1) is 11.0. The summed E-state index contributed by atoms with van der Waals surface area (Å²) in [6.07, 6.45) is 1.47. The lowest BCUT2D eigenvalue weighted by molar-refractivity contribution is 0.241. The number of aryl methyl sites for hydroxylation is 1. The Hall–Kier alpha value is -2.76. The fraction of sp³-hybridized carbons (Fsp3) is 0.235. The van der Waals surface area contributed by atoms with E-state index in [1.54, 1.807) is 6.07 Å². The largest absolute Gasteiger partial charge is 0.491 e. The molecule has 23 heavy (non-hydrogen) atoms. The Kier molecular flexibility index (Phi) is 4.06. The monoisotopic (exact) mass is 313 g/mol. The number of hydrogen-bond donors (Lipinski definition) is 0. The van der Waals surface area contributed by atoms with Crippen LogP contribution in [-0.2, 0) is 0 Å². The average Bonchev–Trinajstić information content (AvgIpc) is 2.99. The summed E-state index contributed by atoms with van der Waals surface area (Å²) in [5.74, 6) is 0.926. The molecule has 5 nitrogen and oxygen atoms in total. The van der Waals surface area contributed by atoms with E-state index in [4.69, 9.17) is 9.26 Å². The quantitative estimate of drug-likeness (QED) is 0.680. The zero-order chi connectivity index (χ0) is 16.4. The van der Waals surface area contributed by atoms with Crippen molar-refractivity contribution in [2.75, 3.05) is 0 Å². The first-order valence-corrected chi connectivity index (χ1v) is 7.26. The fourth-order valence-electron chi connectivity index (χ4n) is 2.17. The Balaban J connectivity index is 1.90. The minimum absolute atomic E-state index is 0.109. The van der Waals surface area contributed by atoms with E-state index in [2.05, 4.69) is 15.1 Å². The zero-order valence-corrected chi connectivity index (χ0v) is 13.1. The topological polar surface area (TPSA) is 61.0 Å². The van der Waals surface area contributed by atoms with Gasteiger partial charge in [-0.3, -0.25) is 0 Å². The summed E-state index contributed by atoms with van der Waals surface area (Å²) in [6, 6.07) is 8.55. The molecule has 0 saturated carbocycles. The molecule has 0 fully saturated rings. The van der Waals surface area contributed by atoms with Crippen LogP contribution in [0.25, 0.3) is 22.8 Å². The van der Waals surface area contributed by atoms with Gasteiger partial charge in [0.15, 0.2) is 0 Å². The maximum absolute atomic E-state index is 13.2. The molecule has 0 amide bonds. The van der Waals surface area contributed by atoms with Crippen LogP contribution in [0, 0.1) is 12.9 Å². The van der Waals surface area contributed by atoms with Gasteiger partial charge in [0.05, 0.1) is 6.10 Å². The maximum atomic E-state index is 13.2. The molecule has 0 unspecified atom stereocenters. The lowest BCUT2D eigenvalue weighted by atomic mass is 10.1. The molecular formula is C17H16FN3O2. The van der Waals surface area contributed by atoms with Crippen molar-refractivity contribution in [3.05, 3.63) is 48.0 Å². The van der Waals surface area contributed by atoms with Crippen LogP contribution in [0.1, 0.15) is 19.4 Å². The second-order valence-electron chi connectivity index (χ2n) is 5.44. The van der Waals surface area contributed by atoms with E-state index in [-0.39, 0.29) is 12.0 Å². The van der Waals surface area contributed by atoms with Crippen molar-refractivity contribution in [1.29, 1.82) is 0 Å². The van der Waals surface area contributed by atoms with Gasteiger partial charge in [-0.05, 0) is 50.6 Å². The summed E-state index contributed by atoms with van der Waals surface area (Å²) in [6.45, 7) is 5.92. The van der Waals surface area contributed by atoms with Crippen LogP contribution < -0.4 is 4.74 Å². The number of pyridine rings is 1. The van der Waals surface area contributed by atoms with Crippen molar-refractivity contribution >= 4 is 0 Å². The van der Waals surface area contributed by atoms with Crippen molar-refractivity contribution in [3.8, 4) is 28.6 Å². The number of aromatic nitrogens is 3. The van der Waals surface area contributed by atoms with Crippen LogP contribution in [0.3, 0.4) is 0 Å². The third kappa shape index (κ3) is 3.36. The number of hydrogen-bond acceptors (Lipinski definition) is 5. The van der Waals surface area contributed by atoms with Gasteiger partial charge in [-0.15, -0.1) is 0 Å². The number of ether oxygens (including phenoxy) is 1. The molecule has 0 saturated heterocycles. The molecule has 0 bridgehead atoms. The Morgan fingerprint density at radius 1 is 1.13 bits per heavy atom. The molecule has 2 aromatic heterocycles. The van der Waals surface area contributed by atoms with Gasteiger partial charge in [-0.2, -0.15) is 9.37 Å². The summed E-state index contributed by atoms with van der Waals surface area (Å²) in [7, 11) is 0. The van der Waals surface area contributed by atoms with Crippen LogP contribution in [0.4, 0.5) is 4.39 Å². The van der Waals surface area contributed by atoms with Crippen molar-refractivity contribution in [3.63, 3.8) is 0 Å². The highest BCUT2D eigenvalue weighted by Crippen LogP contribution is 2.27. The molecule has 0 aliphatic carbocycles. The van der Waals surface area contributed by atoms with Crippen LogP contribution in [0.15, 0.2) is 41.1 Å². The van der Waals surface area contributed by atoms with Crippen LogP contribution in [0.5, 0.6) is 5.75 Å². The summed E-state index contributed by atoms with van der Waals surface area (Å²) in [5, 5.41) is 3.95. The average molecular weight is 313 g/mol. The first kappa shape index (κ1) is 15.1. The molecule has 0 atom stereocenters. The molecule has 118 valence electrons. The Morgan fingerprint density at radius 2 is 1.96 bits per heavy atom. The second kappa shape index (κ2) is 6.16. The molecule has 0 radical (unpaired) electrons. The fourth-order valence-corrected chi connectivity index (χ4v) is 2.17. The van der Waals surface area contributed by atoms with Gasteiger partial charge in [0.1, 0.15) is 5.75 Å². The normalized spacial score (nSPS) is 11.0. The molecule has 3 aromatic rings. The van der Waals surface area contributed by atoms with Crippen molar-refractivity contribution in [1.82, 2.24) is 15.1 Å². The molecule has 6 heteroatoms. The van der Waals surface area contributed by atoms with Gasteiger partial charge in [0.2, 0.25) is 11.8 Å². The molecular weight excluding hydrogens is 297 g/mol. The van der Waals surface area contributed by atoms with Gasteiger partial charge in [-0.1, -0.05) is 5.16 Å². The highest BCUT2D eigenvalue weighted by Gasteiger charge is 2.13. The van der Waals surface area contributed by atoms with Gasteiger partial charge in [0, 0.05) is 23.4 Å². The van der Waals surface area contributed by atoms with E-state index in [0.29, 0.717) is 11.4 Å². The molecule has 1 aromatic carbocycles. The minimum atomic E-state index is -0.590. The summed E-state index contributed by atoms with van der Waals surface area (Å²) in [4.78, 5) is 7.82. The van der Waals surface area contributed by atoms with Gasteiger partial charge >= 0.3 is 0 Å². The van der Waals surface area contributed by atoms with Crippen molar-refractivity contribution in [2.45, 2.75) is 26.9 Å². The van der Waals surface area contributed by atoms with Crippen LogP contribution in [-0.4, -0.2) is 21.2 Å². The van der Waals surface area contributed by atoms with E-state index in [9.17, 15) is 4.39 Å². The van der Waals surface area contributed by atoms with Crippen LogP contribution >= 0.6 is 0 Å². The predicted octanol–water partition coefficient (Wildman–Crippen LogP) is 4.03. The lowest BCUT2D eigenvalue weighted by Crippen LogP contribution is -2.06.